The summed E-state index contributed by atoms with van der Waals surface area (Å²) in [4.78, 5) is 19.9. The average molecular weight is 448 g/mol. The van der Waals surface area contributed by atoms with Crippen molar-refractivity contribution < 1.29 is 9.18 Å². The lowest BCUT2D eigenvalue weighted by molar-refractivity contribution is 0.0966. The number of rotatable bonds is 4. The van der Waals surface area contributed by atoms with Crippen LogP contribution in [0.25, 0.3) is 11.3 Å². The second-order valence-electron chi connectivity index (χ2n) is 6.06. The molecule has 0 fully saturated rings. The van der Waals surface area contributed by atoms with Gasteiger partial charge in [-0.05, 0) is 47.0 Å². The summed E-state index contributed by atoms with van der Waals surface area (Å²) >= 11 is 9.36. The molecule has 27 heavy (non-hydrogen) atoms. The minimum atomic E-state index is -0.394. The highest BCUT2D eigenvalue weighted by atomic mass is 79.9. The monoisotopic (exact) mass is 446 g/mol. The standard InChI is InChI=1S/C19H13BrClFN4O/c20-12-2-4-15(22)14(6-12)16-7-17(26-19(21)25-16)23-8-10-1-3-13-11(5-10)9-24-18(13)27/h1-7H,8-9H2,(H,24,27)(H,23,25,26). The van der Waals surface area contributed by atoms with Crippen LogP contribution in [0.2, 0.25) is 5.28 Å². The summed E-state index contributed by atoms with van der Waals surface area (Å²) in [6, 6.07) is 11.9. The van der Waals surface area contributed by atoms with Crippen LogP contribution in [0.15, 0.2) is 46.9 Å². The van der Waals surface area contributed by atoms with E-state index in [2.05, 4.69) is 36.5 Å². The lowest BCUT2D eigenvalue weighted by atomic mass is 10.1. The predicted octanol–water partition coefficient (Wildman–Crippen LogP) is 4.55. The Morgan fingerprint density at radius 3 is 2.85 bits per heavy atom. The topological polar surface area (TPSA) is 66.9 Å². The molecule has 3 aromatic rings. The lowest BCUT2D eigenvalue weighted by Crippen LogP contribution is -2.12. The first kappa shape index (κ1) is 17.9. The van der Waals surface area contributed by atoms with Crippen molar-refractivity contribution in [3.63, 3.8) is 0 Å². The third-order valence-corrected chi connectivity index (χ3v) is 4.89. The molecule has 1 aromatic heterocycles. The first-order valence-corrected chi connectivity index (χ1v) is 9.30. The van der Waals surface area contributed by atoms with Gasteiger partial charge in [-0.25, -0.2) is 14.4 Å². The molecule has 136 valence electrons. The van der Waals surface area contributed by atoms with Gasteiger partial charge in [0.15, 0.2) is 0 Å². The molecule has 0 unspecified atom stereocenters. The molecule has 0 radical (unpaired) electrons. The first-order chi connectivity index (χ1) is 13.0. The fraction of sp³-hybridized carbons (Fsp3) is 0.105. The van der Waals surface area contributed by atoms with E-state index in [0.717, 1.165) is 15.6 Å². The van der Waals surface area contributed by atoms with Crippen LogP contribution >= 0.6 is 27.5 Å². The van der Waals surface area contributed by atoms with E-state index < -0.39 is 5.82 Å². The van der Waals surface area contributed by atoms with E-state index in [4.69, 9.17) is 11.6 Å². The first-order valence-electron chi connectivity index (χ1n) is 8.13. The van der Waals surface area contributed by atoms with Gasteiger partial charge < -0.3 is 10.6 Å². The van der Waals surface area contributed by atoms with E-state index in [1.54, 1.807) is 18.2 Å². The van der Waals surface area contributed by atoms with Crippen LogP contribution in [-0.4, -0.2) is 15.9 Å². The van der Waals surface area contributed by atoms with Gasteiger partial charge in [0, 0.05) is 34.8 Å². The molecule has 1 aliphatic heterocycles. The third-order valence-electron chi connectivity index (χ3n) is 4.23. The molecule has 0 saturated carbocycles. The van der Waals surface area contributed by atoms with Crippen LogP contribution in [0.4, 0.5) is 10.2 Å². The number of carbonyl (C=O) groups excluding carboxylic acids is 1. The zero-order chi connectivity index (χ0) is 19.0. The van der Waals surface area contributed by atoms with Gasteiger partial charge in [-0.3, -0.25) is 4.79 Å². The molecule has 5 nitrogen and oxygen atoms in total. The number of benzene rings is 2. The van der Waals surface area contributed by atoms with Crippen LogP contribution < -0.4 is 10.6 Å². The zero-order valence-corrected chi connectivity index (χ0v) is 16.2. The van der Waals surface area contributed by atoms with Crippen molar-refractivity contribution in [1.29, 1.82) is 0 Å². The molecule has 0 atom stereocenters. The summed E-state index contributed by atoms with van der Waals surface area (Å²) in [5, 5.41) is 5.99. The summed E-state index contributed by atoms with van der Waals surface area (Å²) in [5.74, 6) is 0.0431. The van der Waals surface area contributed by atoms with Gasteiger partial charge in [-0.2, -0.15) is 0 Å². The molecule has 2 aromatic carbocycles. The molecule has 2 N–H and O–H groups in total. The van der Waals surface area contributed by atoms with Gasteiger partial charge in [0.2, 0.25) is 5.28 Å². The number of amides is 1. The van der Waals surface area contributed by atoms with Gasteiger partial charge in [0.25, 0.3) is 5.91 Å². The van der Waals surface area contributed by atoms with E-state index in [9.17, 15) is 9.18 Å². The van der Waals surface area contributed by atoms with E-state index in [1.807, 2.05) is 18.2 Å². The van der Waals surface area contributed by atoms with Crippen molar-refractivity contribution >= 4 is 39.3 Å². The number of hydrogen-bond acceptors (Lipinski definition) is 4. The number of nitrogens with one attached hydrogen (secondary N) is 2. The van der Waals surface area contributed by atoms with Crippen LogP contribution in [0.3, 0.4) is 0 Å². The summed E-state index contributed by atoms with van der Waals surface area (Å²) in [7, 11) is 0. The van der Waals surface area contributed by atoms with Crippen molar-refractivity contribution in [3.8, 4) is 11.3 Å². The number of nitrogens with zero attached hydrogens (tertiary/aromatic N) is 2. The van der Waals surface area contributed by atoms with Crippen LogP contribution in [0, 0.1) is 5.82 Å². The summed E-state index contributed by atoms with van der Waals surface area (Å²) < 4.78 is 14.9. The smallest absolute Gasteiger partial charge is 0.251 e. The van der Waals surface area contributed by atoms with Crippen molar-refractivity contribution in [2.45, 2.75) is 13.1 Å². The molecule has 1 aliphatic rings. The maximum Gasteiger partial charge on any atom is 0.251 e. The Bertz CT molecular complexity index is 1060. The maximum atomic E-state index is 14.2. The summed E-state index contributed by atoms with van der Waals surface area (Å²) in [6.07, 6.45) is 0. The SMILES string of the molecule is O=C1NCc2cc(CNc3cc(-c4cc(Br)ccc4F)nc(Cl)n3)ccc21. The minimum absolute atomic E-state index is 0.0260. The van der Waals surface area contributed by atoms with Crippen LogP contribution in [-0.2, 0) is 13.1 Å². The molecule has 4 rings (SSSR count). The average Bonchev–Trinajstić information content (AvgIpc) is 3.02. The van der Waals surface area contributed by atoms with Gasteiger partial charge in [-0.15, -0.1) is 0 Å². The normalized spacial score (nSPS) is 12.6. The second-order valence-corrected chi connectivity index (χ2v) is 7.31. The molecule has 1 amide bonds. The highest BCUT2D eigenvalue weighted by Gasteiger charge is 2.18. The fourth-order valence-electron chi connectivity index (χ4n) is 2.93. The van der Waals surface area contributed by atoms with E-state index in [-0.39, 0.29) is 11.2 Å². The molecule has 0 spiro atoms. The van der Waals surface area contributed by atoms with E-state index >= 15 is 0 Å². The van der Waals surface area contributed by atoms with Crippen molar-refractivity contribution in [1.82, 2.24) is 15.3 Å². The Balaban J connectivity index is 1.57. The Labute approximate surface area is 168 Å². The molecule has 8 heteroatoms. The van der Waals surface area contributed by atoms with Crippen LogP contribution in [0.5, 0.6) is 0 Å². The number of hydrogen-bond donors (Lipinski definition) is 2. The number of halogens is 3. The Hall–Kier alpha value is -2.51. The summed E-state index contributed by atoms with van der Waals surface area (Å²) in [5.41, 5.74) is 3.39. The van der Waals surface area contributed by atoms with Gasteiger partial charge in [0.05, 0.1) is 5.69 Å². The van der Waals surface area contributed by atoms with E-state index in [1.165, 1.54) is 6.07 Å². The van der Waals surface area contributed by atoms with Crippen molar-refractivity contribution in [2.75, 3.05) is 5.32 Å². The predicted molar refractivity (Wildman–Crippen MR) is 105 cm³/mol. The Morgan fingerprint density at radius 2 is 2.00 bits per heavy atom. The fourth-order valence-corrected chi connectivity index (χ4v) is 3.47. The molecular weight excluding hydrogens is 435 g/mol. The Morgan fingerprint density at radius 1 is 1.15 bits per heavy atom. The second kappa shape index (κ2) is 7.25. The highest BCUT2D eigenvalue weighted by molar-refractivity contribution is 9.10. The quantitative estimate of drug-likeness (QED) is 0.576. The number of fused-ring (bicyclic) bond motifs is 1. The molecular formula is C19H13BrClFN4O. The minimum Gasteiger partial charge on any atom is -0.366 e. The number of carbonyl (C=O) groups is 1. The molecule has 0 bridgehead atoms. The largest absolute Gasteiger partial charge is 0.366 e. The van der Waals surface area contributed by atoms with Gasteiger partial charge >= 0.3 is 0 Å². The zero-order valence-electron chi connectivity index (χ0n) is 13.9. The molecule has 0 saturated heterocycles. The van der Waals surface area contributed by atoms with E-state index in [0.29, 0.717) is 35.7 Å². The molecule has 0 aliphatic carbocycles. The van der Waals surface area contributed by atoms with Crippen molar-refractivity contribution in [3.05, 3.63) is 74.7 Å². The number of anilines is 1. The Kier molecular flexibility index (Phi) is 4.80. The van der Waals surface area contributed by atoms with Gasteiger partial charge in [-0.1, -0.05) is 28.1 Å². The third kappa shape index (κ3) is 3.79. The van der Waals surface area contributed by atoms with Gasteiger partial charge in [0.1, 0.15) is 11.6 Å². The maximum absolute atomic E-state index is 14.2. The lowest BCUT2D eigenvalue weighted by Gasteiger charge is -2.10. The summed E-state index contributed by atoms with van der Waals surface area (Å²) in [6.45, 7) is 1.02. The van der Waals surface area contributed by atoms with Crippen molar-refractivity contribution in [2.24, 2.45) is 0 Å². The highest BCUT2D eigenvalue weighted by Crippen LogP contribution is 2.27. The van der Waals surface area contributed by atoms with Crippen LogP contribution in [0.1, 0.15) is 21.5 Å². The number of aromatic nitrogens is 2. The molecule has 2 heterocycles.